The van der Waals surface area contributed by atoms with Crippen molar-refractivity contribution in [3.63, 3.8) is 0 Å². The van der Waals surface area contributed by atoms with Crippen LogP contribution in [-0.4, -0.2) is 21.0 Å². The Kier molecular flexibility index (Phi) is 6.35. The van der Waals surface area contributed by atoms with Crippen molar-refractivity contribution in [2.24, 2.45) is 5.10 Å². The maximum absolute atomic E-state index is 6.08. The third kappa shape index (κ3) is 5.06. The largest absolute Gasteiger partial charge is 0.253 e. The molecule has 5 rings (SSSR count). The molecule has 0 spiro atoms. The van der Waals surface area contributed by atoms with E-state index in [0.29, 0.717) is 10.2 Å². The van der Waals surface area contributed by atoms with Gasteiger partial charge in [-0.3, -0.25) is 5.43 Å². The Morgan fingerprint density at radius 1 is 0.939 bits per heavy atom. The molecule has 0 fully saturated rings. The number of benzene rings is 3. The molecule has 33 heavy (non-hydrogen) atoms. The van der Waals surface area contributed by atoms with Crippen LogP contribution in [-0.2, 0) is 0 Å². The van der Waals surface area contributed by atoms with Crippen LogP contribution >= 0.6 is 38.9 Å². The Balaban J connectivity index is 1.41. The summed E-state index contributed by atoms with van der Waals surface area (Å²) < 4.78 is 2.89. The second-order valence-electron chi connectivity index (χ2n) is 7.13. The average Bonchev–Trinajstić information content (AvgIpc) is 3.49. The van der Waals surface area contributed by atoms with Gasteiger partial charge in [0.15, 0.2) is 0 Å². The molecule has 0 bridgehead atoms. The molecule has 0 aliphatic rings. The van der Waals surface area contributed by atoms with Crippen molar-refractivity contribution in [2.45, 2.75) is 0 Å². The first-order chi connectivity index (χ1) is 16.2. The van der Waals surface area contributed by atoms with Gasteiger partial charge in [0.2, 0.25) is 5.13 Å². The molecular weight excluding hydrogens is 518 g/mol. The third-order valence-corrected chi connectivity index (χ3v) is 6.42. The lowest BCUT2D eigenvalue weighted by Crippen LogP contribution is -1.93. The Morgan fingerprint density at radius 2 is 1.67 bits per heavy atom. The second kappa shape index (κ2) is 9.70. The molecule has 0 aliphatic carbocycles. The van der Waals surface area contributed by atoms with Crippen LogP contribution in [0.3, 0.4) is 0 Å². The van der Waals surface area contributed by atoms with Gasteiger partial charge in [-0.25, -0.2) is 9.67 Å². The molecule has 0 saturated carbocycles. The van der Waals surface area contributed by atoms with Crippen molar-refractivity contribution >= 4 is 50.2 Å². The molecule has 3 aromatic carbocycles. The summed E-state index contributed by atoms with van der Waals surface area (Å²) in [6.07, 6.45) is 3.72. The zero-order chi connectivity index (χ0) is 22.6. The predicted molar refractivity (Wildman–Crippen MR) is 140 cm³/mol. The van der Waals surface area contributed by atoms with Crippen molar-refractivity contribution < 1.29 is 0 Å². The van der Waals surface area contributed by atoms with Crippen LogP contribution in [0.1, 0.15) is 5.56 Å². The van der Waals surface area contributed by atoms with Gasteiger partial charge in [0.25, 0.3) is 0 Å². The molecule has 0 aliphatic heterocycles. The van der Waals surface area contributed by atoms with E-state index in [1.54, 1.807) is 6.21 Å². The number of hydrazone groups is 1. The number of para-hydroxylation sites is 1. The highest BCUT2D eigenvalue weighted by Crippen LogP contribution is 2.27. The molecule has 2 heterocycles. The Morgan fingerprint density at radius 3 is 2.42 bits per heavy atom. The lowest BCUT2D eigenvalue weighted by molar-refractivity contribution is 0.884. The zero-order valence-electron chi connectivity index (χ0n) is 17.2. The molecule has 1 N–H and O–H groups in total. The van der Waals surface area contributed by atoms with Crippen LogP contribution in [0.15, 0.2) is 100 Å². The van der Waals surface area contributed by atoms with Crippen LogP contribution in [0.4, 0.5) is 5.13 Å². The van der Waals surface area contributed by atoms with Crippen molar-refractivity contribution in [1.29, 1.82) is 0 Å². The van der Waals surface area contributed by atoms with E-state index in [0.717, 1.165) is 38.2 Å². The molecule has 0 saturated heterocycles. The zero-order valence-corrected chi connectivity index (χ0v) is 20.3. The van der Waals surface area contributed by atoms with E-state index in [4.69, 9.17) is 16.7 Å². The number of halogens is 2. The molecule has 0 amide bonds. The Hall–Kier alpha value is -3.26. The molecule has 0 unspecified atom stereocenters. The molecule has 0 atom stereocenters. The van der Waals surface area contributed by atoms with E-state index in [-0.39, 0.29) is 0 Å². The predicted octanol–water partition coefficient (Wildman–Crippen LogP) is 7.52. The summed E-state index contributed by atoms with van der Waals surface area (Å²) in [7, 11) is 0. The summed E-state index contributed by atoms with van der Waals surface area (Å²) in [4.78, 5) is 4.63. The SMILES string of the molecule is Clc1ccc(-c2nn(-c3ccccc3)cc2/C=N\Nc2nc(-c3ccc(Br)cc3)cs2)cc1. The van der Waals surface area contributed by atoms with Gasteiger partial charge >= 0.3 is 0 Å². The molecular formula is C25H17BrClN5S. The number of nitrogens with zero attached hydrogens (tertiary/aromatic N) is 4. The van der Waals surface area contributed by atoms with E-state index in [1.165, 1.54) is 11.3 Å². The van der Waals surface area contributed by atoms with Gasteiger partial charge < -0.3 is 0 Å². The van der Waals surface area contributed by atoms with Crippen molar-refractivity contribution in [3.05, 3.63) is 105 Å². The number of rotatable bonds is 6. The third-order valence-electron chi connectivity index (χ3n) is 4.89. The van der Waals surface area contributed by atoms with Gasteiger partial charge in [-0.2, -0.15) is 10.2 Å². The monoisotopic (exact) mass is 533 g/mol. The van der Waals surface area contributed by atoms with Crippen molar-refractivity contribution in [3.8, 4) is 28.2 Å². The van der Waals surface area contributed by atoms with Crippen LogP contribution in [0.2, 0.25) is 5.02 Å². The van der Waals surface area contributed by atoms with Crippen molar-refractivity contribution in [2.75, 3.05) is 5.43 Å². The van der Waals surface area contributed by atoms with E-state index in [1.807, 2.05) is 95.1 Å². The van der Waals surface area contributed by atoms with Gasteiger partial charge in [-0.1, -0.05) is 70.0 Å². The van der Waals surface area contributed by atoms with Crippen LogP contribution < -0.4 is 5.43 Å². The van der Waals surface area contributed by atoms with Gasteiger partial charge in [-0.05, 0) is 36.4 Å². The number of anilines is 1. The highest BCUT2D eigenvalue weighted by molar-refractivity contribution is 9.10. The maximum atomic E-state index is 6.08. The molecule has 5 aromatic rings. The fraction of sp³-hybridized carbons (Fsp3) is 0. The highest BCUT2D eigenvalue weighted by Gasteiger charge is 2.11. The summed E-state index contributed by atoms with van der Waals surface area (Å²) in [6.45, 7) is 0. The summed E-state index contributed by atoms with van der Waals surface area (Å²) >= 11 is 11.0. The number of nitrogens with one attached hydrogen (secondary N) is 1. The molecule has 0 radical (unpaired) electrons. The number of hydrogen-bond donors (Lipinski definition) is 1. The van der Waals surface area contributed by atoms with Crippen LogP contribution in [0.25, 0.3) is 28.2 Å². The quantitative estimate of drug-likeness (QED) is 0.181. The highest BCUT2D eigenvalue weighted by atomic mass is 79.9. The number of thiazole rings is 1. The lowest BCUT2D eigenvalue weighted by atomic mass is 10.1. The Bertz CT molecular complexity index is 1390. The average molecular weight is 535 g/mol. The first kappa shape index (κ1) is 21.6. The summed E-state index contributed by atoms with van der Waals surface area (Å²) in [6, 6.07) is 25.7. The van der Waals surface area contributed by atoms with Gasteiger partial charge in [0.1, 0.15) is 5.69 Å². The van der Waals surface area contributed by atoms with E-state index < -0.39 is 0 Å². The maximum Gasteiger partial charge on any atom is 0.203 e. The van der Waals surface area contributed by atoms with E-state index >= 15 is 0 Å². The summed E-state index contributed by atoms with van der Waals surface area (Å²) in [5, 5.41) is 12.6. The lowest BCUT2D eigenvalue weighted by Gasteiger charge is -2.00. The van der Waals surface area contributed by atoms with Gasteiger partial charge in [0.05, 0.1) is 17.6 Å². The van der Waals surface area contributed by atoms with E-state index in [9.17, 15) is 0 Å². The summed E-state index contributed by atoms with van der Waals surface area (Å²) in [5.74, 6) is 0. The Labute approximate surface area is 208 Å². The van der Waals surface area contributed by atoms with Crippen molar-refractivity contribution in [1.82, 2.24) is 14.8 Å². The topological polar surface area (TPSA) is 55.1 Å². The van der Waals surface area contributed by atoms with Gasteiger partial charge in [-0.15, -0.1) is 11.3 Å². The molecule has 2 aromatic heterocycles. The minimum absolute atomic E-state index is 0.684. The smallest absolute Gasteiger partial charge is 0.203 e. The summed E-state index contributed by atoms with van der Waals surface area (Å²) in [5.41, 5.74) is 8.62. The normalized spacial score (nSPS) is 11.2. The first-order valence-corrected chi connectivity index (χ1v) is 12.1. The fourth-order valence-corrected chi connectivity index (χ4v) is 4.32. The standard InChI is InChI=1S/C25H17BrClN5S/c26-20-10-6-17(7-11-20)23-16-33-25(29-23)30-28-14-19-15-32(22-4-2-1-3-5-22)31-24(19)18-8-12-21(27)13-9-18/h1-16H,(H,29,30)/b28-14-. The van der Waals surface area contributed by atoms with Crippen LogP contribution in [0, 0.1) is 0 Å². The molecule has 8 heteroatoms. The minimum atomic E-state index is 0.684. The van der Waals surface area contributed by atoms with E-state index in [2.05, 4.69) is 31.4 Å². The van der Waals surface area contributed by atoms with Crippen LogP contribution in [0.5, 0.6) is 0 Å². The number of hydrogen-bond acceptors (Lipinski definition) is 5. The molecule has 162 valence electrons. The first-order valence-electron chi connectivity index (χ1n) is 10.1. The molecule has 5 nitrogen and oxygen atoms in total. The van der Waals surface area contributed by atoms with Gasteiger partial charge in [0, 0.05) is 37.8 Å². The number of aromatic nitrogens is 3. The fourth-order valence-electron chi connectivity index (χ4n) is 3.26. The second-order valence-corrected chi connectivity index (χ2v) is 9.35. The minimum Gasteiger partial charge on any atom is -0.253 e.